The number of nitrogens with one attached hydrogen (secondary N) is 1. The Kier molecular flexibility index (Phi) is 6.30. The first-order valence-corrected chi connectivity index (χ1v) is 9.82. The van der Waals surface area contributed by atoms with Gasteiger partial charge in [0.25, 0.3) is 0 Å². The van der Waals surface area contributed by atoms with Crippen LogP contribution in [0.5, 0.6) is 0 Å². The molecule has 2 rings (SSSR count). The monoisotopic (exact) mass is 365 g/mol. The van der Waals surface area contributed by atoms with E-state index in [-0.39, 0.29) is 11.9 Å². The molecule has 0 radical (unpaired) electrons. The molecule has 1 aromatic carbocycles. The molecule has 0 atom stereocenters. The molecule has 25 heavy (non-hydrogen) atoms. The first-order valence-electron chi connectivity index (χ1n) is 8.28. The van der Waals surface area contributed by atoms with Crippen LogP contribution in [0.25, 0.3) is 0 Å². The summed E-state index contributed by atoms with van der Waals surface area (Å²) in [5, 5.41) is 9.79. The third kappa shape index (κ3) is 5.12. The maximum Gasteiger partial charge on any atom is 0.322 e. The molecule has 0 bridgehead atoms. The number of carbonyl (C=O) groups excluding carboxylic acids is 1. The molecule has 0 aliphatic rings. The number of unbranched alkanes of at least 4 members (excludes halogenated alkanes) is 1. The highest BCUT2D eigenvalue weighted by atomic mass is 32.2. The summed E-state index contributed by atoms with van der Waals surface area (Å²) in [4.78, 5) is 11.9. The molecule has 0 saturated heterocycles. The third-order valence-corrected chi connectivity index (χ3v) is 5.87. The third-order valence-electron chi connectivity index (χ3n) is 3.70. The van der Waals surface area contributed by atoms with Crippen molar-refractivity contribution < 1.29 is 17.6 Å². The van der Waals surface area contributed by atoms with E-state index < -0.39 is 15.1 Å². The van der Waals surface area contributed by atoms with Crippen molar-refractivity contribution >= 4 is 21.8 Å². The number of benzene rings is 1. The molecule has 0 fully saturated rings. The number of hydrogen-bond donors (Lipinski definition) is 1. The van der Waals surface area contributed by atoms with Gasteiger partial charge in [0, 0.05) is 6.42 Å². The molecule has 7 nitrogen and oxygen atoms in total. The summed E-state index contributed by atoms with van der Waals surface area (Å²) in [5.74, 6) is 0.200. The zero-order chi connectivity index (χ0) is 18.4. The highest BCUT2D eigenvalue weighted by Crippen LogP contribution is 2.18. The van der Waals surface area contributed by atoms with Crippen LogP contribution in [0.3, 0.4) is 0 Å². The summed E-state index contributed by atoms with van der Waals surface area (Å²) in [5.41, 5.74) is 0.843. The Bertz CT molecular complexity index is 811. The summed E-state index contributed by atoms with van der Waals surface area (Å²) in [7, 11) is -3.28. The lowest BCUT2D eigenvalue weighted by Gasteiger charge is -2.08. The van der Waals surface area contributed by atoms with Gasteiger partial charge in [-0.3, -0.25) is 10.1 Å². The molecule has 0 spiro atoms. The number of aromatic nitrogens is 2. The Morgan fingerprint density at radius 3 is 2.48 bits per heavy atom. The van der Waals surface area contributed by atoms with E-state index in [0.29, 0.717) is 23.6 Å². The molecule has 0 saturated carbocycles. The van der Waals surface area contributed by atoms with E-state index in [4.69, 9.17) is 4.42 Å². The number of hydrogen-bond acceptors (Lipinski definition) is 6. The van der Waals surface area contributed by atoms with Gasteiger partial charge >= 0.3 is 6.01 Å². The van der Waals surface area contributed by atoms with Gasteiger partial charge in [0.15, 0.2) is 9.84 Å². The van der Waals surface area contributed by atoms with Crippen molar-refractivity contribution in [1.29, 1.82) is 0 Å². The van der Waals surface area contributed by atoms with Crippen LogP contribution in [0, 0.1) is 0 Å². The number of amides is 1. The Morgan fingerprint density at radius 1 is 1.20 bits per heavy atom. The molecular weight excluding hydrogens is 342 g/mol. The molecular formula is C17H23N3O4S. The summed E-state index contributed by atoms with van der Waals surface area (Å²) in [6.07, 6.45) is 2.52. The molecule has 8 heteroatoms. The van der Waals surface area contributed by atoms with Gasteiger partial charge in [-0.2, -0.15) is 0 Å². The average molecular weight is 365 g/mol. The molecule has 0 aliphatic heterocycles. The largest absolute Gasteiger partial charge is 0.407 e. The SMILES string of the molecule is CCCCC(=O)Nc1nnc(Cc2ccc(S(=O)(=O)C(C)C)cc2)o1. The Morgan fingerprint density at radius 2 is 1.88 bits per heavy atom. The molecule has 0 aliphatic carbocycles. The van der Waals surface area contributed by atoms with Gasteiger partial charge in [-0.1, -0.05) is 30.6 Å². The predicted molar refractivity (Wildman–Crippen MR) is 94.0 cm³/mol. The number of rotatable bonds is 8. The Balaban J connectivity index is 2.00. The van der Waals surface area contributed by atoms with Crippen LogP contribution in [0.4, 0.5) is 6.01 Å². The number of sulfone groups is 1. The maximum absolute atomic E-state index is 12.1. The van der Waals surface area contributed by atoms with E-state index >= 15 is 0 Å². The Labute approximate surface area is 147 Å². The summed E-state index contributed by atoms with van der Waals surface area (Å²) in [6, 6.07) is 6.68. The van der Waals surface area contributed by atoms with Crippen LogP contribution < -0.4 is 5.32 Å². The van der Waals surface area contributed by atoms with Crippen molar-refractivity contribution in [1.82, 2.24) is 10.2 Å². The summed E-state index contributed by atoms with van der Waals surface area (Å²) < 4.78 is 29.6. The van der Waals surface area contributed by atoms with Gasteiger partial charge in [-0.15, -0.1) is 5.10 Å². The molecule has 2 aromatic rings. The topological polar surface area (TPSA) is 102 Å². The lowest BCUT2D eigenvalue weighted by Crippen LogP contribution is -2.13. The second-order valence-corrected chi connectivity index (χ2v) is 8.57. The Hall–Kier alpha value is -2.22. The predicted octanol–water partition coefficient (Wildman–Crippen LogP) is 2.97. The second-order valence-electron chi connectivity index (χ2n) is 6.07. The standard InChI is InChI=1S/C17H23N3O4S/c1-4-5-6-15(21)18-17-20-19-16(24-17)11-13-7-9-14(10-8-13)25(22,23)12(2)3/h7-10,12H,4-6,11H2,1-3H3,(H,18,20,21). The normalized spacial score (nSPS) is 11.7. The lowest BCUT2D eigenvalue weighted by molar-refractivity contribution is -0.116. The zero-order valence-corrected chi connectivity index (χ0v) is 15.5. The molecule has 1 heterocycles. The van der Waals surface area contributed by atoms with Crippen LogP contribution in [0.1, 0.15) is 51.5 Å². The smallest absolute Gasteiger partial charge is 0.322 e. The highest BCUT2D eigenvalue weighted by Gasteiger charge is 2.19. The lowest BCUT2D eigenvalue weighted by atomic mass is 10.1. The minimum absolute atomic E-state index is 0.0788. The van der Waals surface area contributed by atoms with Crippen LogP contribution in [-0.2, 0) is 21.1 Å². The van der Waals surface area contributed by atoms with E-state index in [0.717, 1.165) is 18.4 Å². The minimum Gasteiger partial charge on any atom is -0.407 e. The quantitative estimate of drug-likeness (QED) is 0.771. The zero-order valence-electron chi connectivity index (χ0n) is 14.7. The van der Waals surface area contributed by atoms with E-state index in [1.165, 1.54) is 0 Å². The van der Waals surface area contributed by atoms with E-state index in [9.17, 15) is 13.2 Å². The molecule has 1 amide bonds. The number of anilines is 1. The van der Waals surface area contributed by atoms with Gasteiger partial charge in [0.1, 0.15) is 0 Å². The molecule has 0 unspecified atom stereocenters. The molecule has 1 N–H and O–H groups in total. The molecule has 136 valence electrons. The fourth-order valence-electron chi connectivity index (χ4n) is 2.14. The van der Waals surface area contributed by atoms with Crippen LogP contribution in [0.15, 0.2) is 33.6 Å². The van der Waals surface area contributed by atoms with Crippen molar-refractivity contribution in [3.63, 3.8) is 0 Å². The first kappa shape index (κ1) is 19.1. The van der Waals surface area contributed by atoms with E-state index in [1.54, 1.807) is 38.1 Å². The van der Waals surface area contributed by atoms with Crippen LogP contribution in [-0.4, -0.2) is 29.8 Å². The van der Waals surface area contributed by atoms with Gasteiger partial charge < -0.3 is 4.42 Å². The van der Waals surface area contributed by atoms with Crippen molar-refractivity contribution in [3.05, 3.63) is 35.7 Å². The van der Waals surface area contributed by atoms with Gasteiger partial charge in [-0.25, -0.2) is 8.42 Å². The van der Waals surface area contributed by atoms with Gasteiger partial charge in [0.05, 0.1) is 16.6 Å². The number of carbonyl (C=O) groups is 1. The maximum atomic E-state index is 12.1. The van der Waals surface area contributed by atoms with Crippen LogP contribution >= 0.6 is 0 Å². The van der Waals surface area contributed by atoms with E-state index in [2.05, 4.69) is 15.5 Å². The fraction of sp³-hybridized carbons (Fsp3) is 0.471. The van der Waals surface area contributed by atoms with Gasteiger partial charge in [0.2, 0.25) is 11.8 Å². The van der Waals surface area contributed by atoms with Crippen molar-refractivity contribution in [3.8, 4) is 0 Å². The first-order chi connectivity index (χ1) is 11.8. The minimum atomic E-state index is -3.28. The van der Waals surface area contributed by atoms with Crippen molar-refractivity contribution in [2.75, 3.05) is 5.32 Å². The van der Waals surface area contributed by atoms with Crippen LogP contribution in [0.2, 0.25) is 0 Å². The number of nitrogens with zero attached hydrogens (tertiary/aromatic N) is 2. The molecule has 1 aromatic heterocycles. The highest BCUT2D eigenvalue weighted by molar-refractivity contribution is 7.92. The fourth-order valence-corrected chi connectivity index (χ4v) is 3.20. The second kappa shape index (κ2) is 8.24. The van der Waals surface area contributed by atoms with Crippen molar-refractivity contribution in [2.24, 2.45) is 0 Å². The van der Waals surface area contributed by atoms with Crippen molar-refractivity contribution in [2.45, 2.75) is 56.6 Å². The van der Waals surface area contributed by atoms with E-state index in [1.807, 2.05) is 6.92 Å². The van der Waals surface area contributed by atoms with Gasteiger partial charge in [-0.05, 0) is 38.0 Å². The summed E-state index contributed by atoms with van der Waals surface area (Å²) in [6.45, 7) is 5.31. The average Bonchev–Trinajstić information content (AvgIpc) is 3.00. The summed E-state index contributed by atoms with van der Waals surface area (Å²) >= 11 is 0.